The van der Waals surface area contributed by atoms with Gasteiger partial charge in [-0.1, -0.05) is 176 Å². The molecule has 0 N–H and O–H groups in total. The largest absolute Gasteiger partial charge is 0.455 e. The minimum absolute atomic E-state index is 0.899. The molecule has 2 heterocycles. The van der Waals surface area contributed by atoms with Crippen LogP contribution in [0.15, 0.2) is 217 Å². The zero-order valence-corrected chi connectivity index (χ0v) is 31.8. The van der Waals surface area contributed by atoms with Gasteiger partial charge in [0.15, 0.2) is 0 Å². The van der Waals surface area contributed by atoms with Gasteiger partial charge in [-0.2, -0.15) is 0 Å². The van der Waals surface area contributed by atoms with Gasteiger partial charge in [-0.05, 0) is 69.8 Å². The first-order valence-electron chi connectivity index (χ1n) is 19.3. The van der Waals surface area contributed by atoms with Gasteiger partial charge in [0.05, 0.1) is 16.1 Å². The van der Waals surface area contributed by atoms with Crippen molar-refractivity contribution in [2.45, 2.75) is 0 Å². The van der Waals surface area contributed by atoms with E-state index in [-0.39, 0.29) is 0 Å². The Labute approximate surface area is 335 Å². The van der Waals surface area contributed by atoms with Crippen molar-refractivity contribution in [1.29, 1.82) is 0 Å². The first kappa shape index (κ1) is 33.2. The molecule has 3 heteroatoms. The predicted octanol–water partition coefficient (Wildman–Crippen LogP) is 16.1. The summed E-state index contributed by atoms with van der Waals surface area (Å²) in [5.41, 5.74) is 14.4. The molecule has 0 atom stereocenters. The zero-order valence-electron chi connectivity index (χ0n) is 31.0. The van der Waals surface area contributed by atoms with Crippen LogP contribution >= 0.6 is 11.3 Å². The highest BCUT2D eigenvalue weighted by atomic mass is 32.1. The first-order valence-corrected chi connectivity index (χ1v) is 20.2. The number of rotatable bonds is 7. The van der Waals surface area contributed by atoms with Crippen molar-refractivity contribution in [3.05, 3.63) is 212 Å². The SMILES string of the molecule is c1ccc(-c2ccccc2-c2ccccc2-c2ccccc2N(c2cccc(-c3cccc4c3oc3ccccc34)c2)c2cccc3c2sc2ccccc23)cc1. The lowest BCUT2D eigenvalue weighted by atomic mass is 9.88. The predicted molar refractivity (Wildman–Crippen MR) is 243 cm³/mol. The second-order valence-electron chi connectivity index (χ2n) is 14.4. The second kappa shape index (κ2) is 13.8. The molecular formula is C54H35NOS. The van der Waals surface area contributed by atoms with E-state index in [0.717, 1.165) is 55.7 Å². The molecular weight excluding hydrogens is 711 g/mol. The van der Waals surface area contributed by atoms with Crippen LogP contribution in [0.4, 0.5) is 17.1 Å². The fourth-order valence-electron chi connectivity index (χ4n) is 8.54. The number of nitrogens with zero attached hydrogens (tertiary/aromatic N) is 1. The maximum absolute atomic E-state index is 6.56. The monoisotopic (exact) mass is 745 g/mol. The Kier molecular flexibility index (Phi) is 8.04. The average molecular weight is 746 g/mol. The Balaban J connectivity index is 1.16. The third-order valence-corrected chi connectivity index (χ3v) is 12.3. The molecule has 2 aromatic heterocycles. The summed E-state index contributed by atoms with van der Waals surface area (Å²) in [5, 5.41) is 4.79. The summed E-state index contributed by atoms with van der Waals surface area (Å²) in [6, 6.07) is 76.4. The molecule has 9 aromatic carbocycles. The van der Waals surface area contributed by atoms with Gasteiger partial charge >= 0.3 is 0 Å². The van der Waals surface area contributed by atoms with E-state index in [4.69, 9.17) is 4.42 Å². The number of thiophene rings is 1. The standard InChI is InChI=1S/C54H35NOS/c1-2-17-36(18-3-1)39-21-4-5-22-41(39)42-23-6-7-24-43(42)44-25-8-11-31-49(44)55(50-32-16-30-48-46-27-10-13-34-52(46)57-54(48)50)38-20-14-19-37(35-38)40-28-15-29-47-45-26-9-12-33-51(45)56-53(40)47/h1-35H. The fraction of sp³-hybridized carbons (Fsp3) is 0. The summed E-state index contributed by atoms with van der Waals surface area (Å²) >= 11 is 1.86. The van der Waals surface area contributed by atoms with Crippen LogP contribution in [-0.2, 0) is 0 Å². The summed E-state index contributed by atoms with van der Waals surface area (Å²) in [6.45, 7) is 0. The molecule has 0 saturated carbocycles. The van der Waals surface area contributed by atoms with Crippen molar-refractivity contribution in [3.63, 3.8) is 0 Å². The number of furan rings is 1. The molecule has 0 aliphatic rings. The molecule has 0 bridgehead atoms. The van der Waals surface area contributed by atoms with E-state index >= 15 is 0 Å². The molecule has 0 spiro atoms. The number of anilines is 3. The van der Waals surface area contributed by atoms with E-state index in [1.807, 2.05) is 17.4 Å². The zero-order chi connectivity index (χ0) is 37.7. The first-order chi connectivity index (χ1) is 28.3. The van der Waals surface area contributed by atoms with E-state index in [1.54, 1.807) is 0 Å². The van der Waals surface area contributed by atoms with Crippen LogP contribution in [0.1, 0.15) is 0 Å². The molecule has 11 rings (SSSR count). The highest BCUT2D eigenvalue weighted by molar-refractivity contribution is 7.26. The molecule has 0 aliphatic heterocycles. The molecule has 2 nitrogen and oxygen atoms in total. The Bertz CT molecular complexity index is 3260. The number of para-hydroxylation sites is 3. The average Bonchev–Trinajstić information content (AvgIpc) is 3.86. The number of hydrogen-bond donors (Lipinski definition) is 0. The molecule has 0 saturated heterocycles. The van der Waals surface area contributed by atoms with E-state index in [2.05, 4.69) is 211 Å². The topological polar surface area (TPSA) is 16.4 Å². The minimum Gasteiger partial charge on any atom is -0.455 e. The van der Waals surface area contributed by atoms with Gasteiger partial charge in [0.1, 0.15) is 11.2 Å². The van der Waals surface area contributed by atoms with Gasteiger partial charge in [-0.15, -0.1) is 11.3 Å². The summed E-state index contributed by atoms with van der Waals surface area (Å²) < 4.78 is 9.09. The summed E-state index contributed by atoms with van der Waals surface area (Å²) in [5.74, 6) is 0. The van der Waals surface area contributed by atoms with Crippen LogP contribution in [-0.4, -0.2) is 0 Å². The quantitative estimate of drug-likeness (QED) is 0.162. The van der Waals surface area contributed by atoms with Crippen LogP contribution in [0, 0.1) is 0 Å². The maximum atomic E-state index is 6.56. The molecule has 0 radical (unpaired) electrons. The number of hydrogen-bond acceptors (Lipinski definition) is 3. The van der Waals surface area contributed by atoms with Crippen molar-refractivity contribution in [1.82, 2.24) is 0 Å². The number of fused-ring (bicyclic) bond motifs is 6. The fourth-order valence-corrected chi connectivity index (χ4v) is 9.75. The Morgan fingerprint density at radius 2 is 0.895 bits per heavy atom. The van der Waals surface area contributed by atoms with Crippen LogP contribution in [0.5, 0.6) is 0 Å². The van der Waals surface area contributed by atoms with Crippen molar-refractivity contribution in [3.8, 4) is 44.5 Å². The van der Waals surface area contributed by atoms with Gasteiger partial charge in [0.25, 0.3) is 0 Å². The van der Waals surface area contributed by atoms with Gasteiger partial charge in [0.2, 0.25) is 0 Å². The third-order valence-electron chi connectivity index (χ3n) is 11.1. The van der Waals surface area contributed by atoms with Gasteiger partial charge in [-0.3, -0.25) is 0 Å². The Morgan fingerprint density at radius 3 is 1.74 bits per heavy atom. The van der Waals surface area contributed by atoms with E-state index in [0.29, 0.717) is 0 Å². The molecule has 57 heavy (non-hydrogen) atoms. The van der Waals surface area contributed by atoms with Crippen LogP contribution in [0.25, 0.3) is 86.6 Å². The van der Waals surface area contributed by atoms with Crippen LogP contribution in [0.2, 0.25) is 0 Å². The lowest BCUT2D eigenvalue weighted by Gasteiger charge is -2.29. The number of benzene rings is 9. The molecule has 0 fully saturated rings. The lowest BCUT2D eigenvalue weighted by molar-refractivity contribution is 0.670. The molecule has 11 aromatic rings. The van der Waals surface area contributed by atoms with Crippen molar-refractivity contribution in [2.75, 3.05) is 4.90 Å². The second-order valence-corrected chi connectivity index (χ2v) is 15.4. The Hall–Kier alpha value is -7.20. The normalized spacial score (nSPS) is 11.5. The van der Waals surface area contributed by atoms with E-state index < -0.39 is 0 Å². The highest BCUT2D eigenvalue weighted by Crippen LogP contribution is 2.49. The summed E-state index contributed by atoms with van der Waals surface area (Å²) in [7, 11) is 0. The van der Waals surface area contributed by atoms with Crippen molar-refractivity contribution < 1.29 is 4.42 Å². The van der Waals surface area contributed by atoms with Crippen LogP contribution in [0.3, 0.4) is 0 Å². The molecule has 0 unspecified atom stereocenters. The molecule has 0 aliphatic carbocycles. The van der Waals surface area contributed by atoms with Crippen molar-refractivity contribution >= 4 is 70.5 Å². The smallest absolute Gasteiger partial charge is 0.143 e. The lowest BCUT2D eigenvalue weighted by Crippen LogP contribution is -2.11. The van der Waals surface area contributed by atoms with Gasteiger partial charge in [-0.25, -0.2) is 0 Å². The van der Waals surface area contributed by atoms with Gasteiger partial charge in [0, 0.05) is 43.1 Å². The Morgan fingerprint density at radius 1 is 0.351 bits per heavy atom. The van der Waals surface area contributed by atoms with E-state index in [1.165, 1.54) is 48.0 Å². The molecule has 0 amide bonds. The van der Waals surface area contributed by atoms with Crippen molar-refractivity contribution in [2.24, 2.45) is 0 Å². The highest BCUT2D eigenvalue weighted by Gasteiger charge is 2.23. The van der Waals surface area contributed by atoms with Crippen LogP contribution < -0.4 is 4.90 Å². The van der Waals surface area contributed by atoms with Gasteiger partial charge < -0.3 is 9.32 Å². The maximum Gasteiger partial charge on any atom is 0.143 e. The summed E-state index contributed by atoms with van der Waals surface area (Å²) in [6.07, 6.45) is 0. The summed E-state index contributed by atoms with van der Waals surface area (Å²) in [4.78, 5) is 2.47. The minimum atomic E-state index is 0.899. The van der Waals surface area contributed by atoms with E-state index in [9.17, 15) is 0 Å². The molecule has 268 valence electrons. The third kappa shape index (κ3) is 5.63.